The summed E-state index contributed by atoms with van der Waals surface area (Å²) >= 11 is 16.4. The number of aromatic hydroxyl groups is 3. The van der Waals surface area contributed by atoms with Crippen molar-refractivity contribution in [2.75, 3.05) is 94.1 Å². The predicted molar refractivity (Wildman–Crippen MR) is 480 cm³/mol. The molecule has 0 fully saturated rings. The van der Waals surface area contributed by atoms with Gasteiger partial charge in [-0.25, -0.2) is 34.5 Å². The molecule has 12 rings (SSSR count). The number of hydrogen-bond donors (Lipinski definition) is 11. The van der Waals surface area contributed by atoms with Crippen LogP contribution >= 0.6 is 42.6 Å². The van der Waals surface area contributed by atoms with Crippen molar-refractivity contribution >= 4 is 144 Å². The van der Waals surface area contributed by atoms with Crippen molar-refractivity contribution in [2.45, 2.75) is 170 Å². The first kappa shape index (κ1) is 93.1. The molecule has 0 radical (unpaired) electrons. The Bertz CT molecular complexity index is 5570. The average Bonchev–Trinajstić information content (AvgIpc) is 1.62. The molecule has 0 saturated heterocycles. The highest BCUT2D eigenvalue weighted by Gasteiger charge is 2.25. The van der Waals surface area contributed by atoms with Gasteiger partial charge in [0.1, 0.15) is 63.2 Å². The van der Waals surface area contributed by atoms with Crippen LogP contribution in [0.1, 0.15) is 160 Å². The maximum atomic E-state index is 11.3. The number of phosphoric ester groups is 1. The Hall–Kier alpha value is -10.1. The smallest absolute Gasteiger partial charge is 0.508 e. The van der Waals surface area contributed by atoms with Crippen LogP contribution in [0.25, 0.3) is 65.8 Å². The van der Waals surface area contributed by atoms with Crippen LogP contribution in [0.4, 0.5) is 17.5 Å². The Kier molecular flexibility index (Phi) is 35.6. The normalized spacial score (nSPS) is 11.6. The lowest BCUT2D eigenvalue weighted by Crippen LogP contribution is -2.26. The van der Waals surface area contributed by atoms with E-state index in [1.807, 2.05) is 25.1 Å². The lowest BCUT2D eigenvalue weighted by atomic mass is 10.1. The number of phosphoric acid groups is 1. The van der Waals surface area contributed by atoms with Crippen LogP contribution in [-0.2, 0) is 91.3 Å². The summed E-state index contributed by atoms with van der Waals surface area (Å²) in [4.78, 5) is 80.7. The molecule has 0 aliphatic carbocycles. The first-order valence-electron chi connectivity index (χ1n) is 41.5. The summed E-state index contributed by atoms with van der Waals surface area (Å²) in [5.41, 5.74) is 34.2. The average molecular weight is 1740 g/mol. The third-order valence-corrected chi connectivity index (χ3v) is 21.8. The Morgan fingerprint density at radius 3 is 1.13 bits per heavy atom. The molecule has 0 unspecified atom stereocenters. The number of hydrogen-bond acceptors (Lipinski definition) is 20. The molecular formula is C89H113Cl3N15O13P. The van der Waals surface area contributed by atoms with Crippen LogP contribution in [0.15, 0.2) is 109 Å². The number of carbonyl (C=O) groups is 3. The molecule has 648 valence electrons. The van der Waals surface area contributed by atoms with E-state index in [4.69, 9.17) is 95.7 Å². The van der Waals surface area contributed by atoms with Gasteiger partial charge >= 0.3 is 7.82 Å². The number of aryl methyl sites for hydroxylation is 8. The summed E-state index contributed by atoms with van der Waals surface area (Å²) in [7, 11) is -4.66. The molecule has 0 spiro atoms. The van der Waals surface area contributed by atoms with Gasteiger partial charge < -0.3 is 80.9 Å². The predicted octanol–water partition coefficient (Wildman–Crippen LogP) is 15.0. The molecule has 28 nitrogen and oxygen atoms in total. The Balaban J connectivity index is 0.000000191. The number of rotatable bonds is 44. The number of carbonyl (C=O) groups excluding carboxylic acids is 3. The van der Waals surface area contributed by atoms with Gasteiger partial charge in [-0.2, -0.15) is 0 Å². The van der Waals surface area contributed by atoms with E-state index in [1.165, 1.54) is 11.6 Å². The summed E-state index contributed by atoms with van der Waals surface area (Å²) in [6.07, 6.45) is 15.8. The Labute approximate surface area is 719 Å². The number of anilines is 3. The van der Waals surface area contributed by atoms with Crippen LogP contribution in [0.5, 0.6) is 23.0 Å². The fourth-order valence-electron chi connectivity index (χ4n) is 14.5. The number of phenols is 3. The standard InChI is InChI=1S/C30H39ClN5O6P.C30H38ClN5O3.C29H36ClN5O4/c1-3-4-8-26-35-28-29(36(26)19-22-10-12-25(20(2)16-22)42-43(38,39)40)23-11-9-21(17-24(23)34-30(28)32)7-5-14-41-15-6-13-33-27(37)18-31;1-3-4-8-26-35-28-29(36(26)19-22-10-12-25(37)20(2)16-22)23-11-9-21(17-24(23)34-30(28)32)7-5-14-39-15-6-13-33-27(38)18-31;1-2-3-10-24-34-26-27(35(24)18-20-8-4-9-23(36)28(20)38)21-12-11-19(16-22(21)33-29(26)31)7-5-14-39-15-6-13-32-25(37)17-30/h9-12,16-17H,3-8,13-15,18-19H2,1-2H3,(H2,32,34)(H,33,37)(H2,38,39,40);9-12,16-17,37H,3-8,13-15,18-19H2,1-2H3,(H2,32,34)(H,33,38);4,8-9,11-12,16,36,38H,2-3,5-7,10,13-15,17-18H2,1H3,(H2,31,33)(H,32,37). The van der Waals surface area contributed by atoms with E-state index in [-0.39, 0.29) is 52.6 Å². The van der Waals surface area contributed by atoms with Gasteiger partial charge in [-0.15, -0.1) is 34.8 Å². The number of nitrogens with two attached hydrogens (primary N) is 3. The van der Waals surface area contributed by atoms with Crippen LogP contribution < -0.4 is 37.7 Å². The van der Waals surface area contributed by atoms with Gasteiger partial charge in [-0.3, -0.25) is 24.2 Å². The number of fused-ring (bicyclic) bond motifs is 9. The highest BCUT2D eigenvalue weighted by molar-refractivity contribution is 7.46. The summed E-state index contributed by atoms with van der Waals surface area (Å²) in [5.74, 6) is 3.57. The second-order valence-corrected chi connectivity index (χ2v) is 32.0. The fourth-order valence-corrected chi connectivity index (χ4v) is 15.2. The minimum atomic E-state index is -4.66. The zero-order valence-corrected chi connectivity index (χ0v) is 72.7. The minimum Gasteiger partial charge on any atom is -0.508 e. The quantitative estimate of drug-likeness (QED) is 0.00731. The maximum Gasteiger partial charge on any atom is 0.524 e. The molecule has 6 heterocycles. The molecule has 0 atom stereocenters. The van der Waals surface area contributed by atoms with Crippen molar-refractivity contribution in [1.29, 1.82) is 0 Å². The number of amides is 3. The van der Waals surface area contributed by atoms with Gasteiger partial charge in [0, 0.05) is 113 Å². The van der Waals surface area contributed by atoms with Gasteiger partial charge in [-0.1, -0.05) is 113 Å². The maximum absolute atomic E-state index is 11.3. The molecule has 3 amide bonds. The molecule has 0 bridgehead atoms. The fraction of sp³-hybridized carbons (Fsp3) is 0.427. The van der Waals surface area contributed by atoms with Crippen molar-refractivity contribution < 1.29 is 62.8 Å². The summed E-state index contributed by atoms with van der Waals surface area (Å²) in [6.45, 7) is 16.9. The van der Waals surface area contributed by atoms with E-state index < -0.39 is 7.82 Å². The van der Waals surface area contributed by atoms with Crippen molar-refractivity contribution in [3.05, 3.63) is 171 Å². The van der Waals surface area contributed by atoms with Crippen molar-refractivity contribution in [3.63, 3.8) is 0 Å². The number of para-hydroxylation sites is 1. The number of phenolic OH excluding ortho intramolecular Hbond substituents is 3. The van der Waals surface area contributed by atoms with Crippen molar-refractivity contribution in [3.8, 4) is 23.0 Å². The van der Waals surface area contributed by atoms with E-state index in [1.54, 1.807) is 37.3 Å². The van der Waals surface area contributed by atoms with Gasteiger partial charge in [0.25, 0.3) is 0 Å². The number of imidazole rings is 3. The summed E-state index contributed by atoms with van der Waals surface area (Å²) < 4.78 is 39.8. The van der Waals surface area contributed by atoms with E-state index in [2.05, 4.69) is 110 Å². The molecule has 6 aromatic heterocycles. The molecular weight excluding hydrogens is 1620 g/mol. The lowest BCUT2D eigenvalue weighted by Gasteiger charge is -2.14. The van der Waals surface area contributed by atoms with Gasteiger partial charge in [0.15, 0.2) is 29.0 Å². The zero-order chi connectivity index (χ0) is 86.5. The van der Waals surface area contributed by atoms with E-state index >= 15 is 0 Å². The molecule has 0 saturated carbocycles. The van der Waals surface area contributed by atoms with Gasteiger partial charge in [-0.05, 0) is 166 Å². The molecule has 6 aromatic carbocycles. The van der Waals surface area contributed by atoms with E-state index in [9.17, 15) is 44.1 Å². The van der Waals surface area contributed by atoms with Gasteiger partial charge in [0.2, 0.25) is 17.7 Å². The van der Waals surface area contributed by atoms with Crippen molar-refractivity contribution in [2.24, 2.45) is 0 Å². The topological polar surface area (TPSA) is 413 Å². The molecule has 0 aliphatic rings. The highest BCUT2D eigenvalue weighted by atomic mass is 35.5. The number of nitrogen functional groups attached to an aromatic ring is 3. The number of benzene rings is 6. The second kappa shape index (κ2) is 46.2. The largest absolute Gasteiger partial charge is 0.524 e. The molecule has 0 aliphatic heterocycles. The third kappa shape index (κ3) is 26.2. The van der Waals surface area contributed by atoms with E-state index in [0.29, 0.717) is 124 Å². The molecule has 121 heavy (non-hydrogen) atoms. The first-order chi connectivity index (χ1) is 58.4. The lowest BCUT2D eigenvalue weighted by molar-refractivity contribution is -0.119. The zero-order valence-electron chi connectivity index (χ0n) is 69.6. The number of nitrogens with one attached hydrogen (secondary N) is 3. The first-order valence-corrected chi connectivity index (χ1v) is 44.6. The number of nitrogens with zero attached hydrogens (tertiary/aromatic N) is 9. The molecule has 12 aromatic rings. The summed E-state index contributed by atoms with van der Waals surface area (Å²) in [5, 5.41) is 41.6. The third-order valence-electron chi connectivity index (χ3n) is 20.6. The monoisotopic (exact) mass is 1740 g/mol. The molecule has 14 N–H and O–H groups in total. The molecule has 32 heteroatoms. The number of halogens is 3. The van der Waals surface area contributed by atoms with Crippen LogP contribution in [0.3, 0.4) is 0 Å². The van der Waals surface area contributed by atoms with E-state index in [0.717, 1.165) is 216 Å². The SMILES string of the molecule is CCCCc1nc2c(N)nc3cc(CCCOCCCNC(=O)CCl)ccc3c2n1Cc1ccc(O)c(C)c1.CCCCc1nc2c(N)nc3cc(CCCOCCCNC(=O)CCl)ccc3c2n1Cc1ccc(OP(=O)(O)O)c(C)c1.CCCCc1nc2c(N)nc3cc(CCCOCCCNC(=O)CCl)ccc3c2n1Cc1cccc(O)c1O. The Morgan fingerprint density at radius 2 is 0.777 bits per heavy atom. The Morgan fingerprint density at radius 1 is 0.421 bits per heavy atom. The number of pyridine rings is 3. The number of unbranched alkanes of at least 4 members (excludes halogenated alkanes) is 3. The van der Waals surface area contributed by atoms with Crippen LogP contribution in [-0.4, -0.2) is 163 Å². The van der Waals surface area contributed by atoms with Crippen LogP contribution in [0.2, 0.25) is 0 Å². The second-order valence-electron chi connectivity index (χ2n) is 30.0. The highest BCUT2D eigenvalue weighted by Crippen LogP contribution is 2.41. The number of ether oxygens (including phenoxy) is 3. The number of aromatic nitrogens is 9. The number of alkyl halides is 3. The van der Waals surface area contributed by atoms with Crippen LogP contribution in [0, 0.1) is 13.8 Å². The summed E-state index contributed by atoms with van der Waals surface area (Å²) in [6, 6.07) is 34.8. The van der Waals surface area contributed by atoms with Gasteiger partial charge in [0.05, 0.1) is 39.6 Å². The van der Waals surface area contributed by atoms with Crippen molar-refractivity contribution in [1.82, 2.24) is 59.6 Å². The minimum absolute atomic E-state index is 0.0148.